The van der Waals surface area contributed by atoms with Crippen LogP contribution >= 0.6 is 58.0 Å². The molecule has 3 heterocycles. The fourth-order valence-electron chi connectivity index (χ4n) is 3.43. The molecule has 0 aliphatic carbocycles. The van der Waals surface area contributed by atoms with Crippen molar-refractivity contribution in [3.63, 3.8) is 0 Å². The Hall–Kier alpha value is -2.28. The van der Waals surface area contributed by atoms with Crippen LogP contribution in [-0.4, -0.2) is 21.5 Å². The summed E-state index contributed by atoms with van der Waals surface area (Å²) in [5.41, 5.74) is 2.11. The molecule has 0 amide bonds. The van der Waals surface area contributed by atoms with Gasteiger partial charge in [-0.15, -0.1) is 34.0 Å². The van der Waals surface area contributed by atoms with Crippen LogP contribution in [0, 0.1) is 11.3 Å². The van der Waals surface area contributed by atoms with Gasteiger partial charge >= 0.3 is 5.97 Å². The Morgan fingerprint density at radius 3 is 2.43 bits per heavy atom. The van der Waals surface area contributed by atoms with Crippen LogP contribution in [0.5, 0.6) is 0 Å². The van der Waals surface area contributed by atoms with Crippen LogP contribution in [-0.2, 0) is 16.0 Å². The molecule has 0 fully saturated rings. The zero-order chi connectivity index (χ0) is 24.7. The Kier molecular flexibility index (Phi) is 8.93. The molecule has 1 unspecified atom stereocenters. The minimum absolute atomic E-state index is 0.177. The molecule has 0 bridgehead atoms. The lowest BCUT2D eigenvalue weighted by atomic mass is 10.1. The quantitative estimate of drug-likeness (QED) is 0.146. The highest BCUT2D eigenvalue weighted by Gasteiger charge is 2.28. The average molecular weight is 554 g/mol. The third-order valence-electron chi connectivity index (χ3n) is 5.32. The summed E-state index contributed by atoms with van der Waals surface area (Å²) < 4.78 is 5.43. The van der Waals surface area contributed by atoms with Crippen LogP contribution in [0.25, 0.3) is 19.5 Å². The van der Waals surface area contributed by atoms with Gasteiger partial charge < -0.3 is 4.74 Å². The van der Waals surface area contributed by atoms with Crippen LogP contribution < -0.4 is 0 Å². The van der Waals surface area contributed by atoms with E-state index in [1.54, 1.807) is 34.0 Å². The van der Waals surface area contributed by atoms with E-state index in [1.807, 2.05) is 37.3 Å². The minimum atomic E-state index is -0.790. The monoisotopic (exact) mass is 553 g/mol. The van der Waals surface area contributed by atoms with E-state index in [1.165, 1.54) is 36.8 Å². The molecule has 3 aromatic heterocycles. The van der Waals surface area contributed by atoms with Gasteiger partial charge in [0.15, 0.2) is 0 Å². The number of nitriles is 1. The first-order chi connectivity index (χ1) is 17.0. The van der Waals surface area contributed by atoms with Gasteiger partial charge in [0.2, 0.25) is 0 Å². The SMILES string of the molecule is CC(C#N)(CCC(=O)OCCc1cc(-c2cccs2)sc1-c1cccs1)SC(=S)c1ccccc1. The Balaban J connectivity index is 1.32. The summed E-state index contributed by atoms with van der Waals surface area (Å²) in [5, 5.41) is 13.9. The molecule has 35 heavy (non-hydrogen) atoms. The average Bonchev–Trinajstić information content (AvgIpc) is 3.65. The first-order valence-electron chi connectivity index (χ1n) is 11.0. The number of esters is 1. The van der Waals surface area contributed by atoms with Crippen LogP contribution in [0.3, 0.4) is 0 Å². The standard InChI is InChI=1S/C27H23NO2S5/c1-27(18-28,35-26(31)19-7-3-2-4-8-19)13-11-24(29)30-14-12-20-17-23(21-9-5-15-32-21)34-25(20)22-10-6-16-33-22/h2-10,15-17H,11-14H2,1H3. The number of nitrogens with zero attached hydrogens (tertiary/aromatic N) is 1. The van der Waals surface area contributed by atoms with Crippen molar-refractivity contribution >= 4 is 68.2 Å². The van der Waals surface area contributed by atoms with Gasteiger partial charge in [0.1, 0.15) is 4.75 Å². The fourth-order valence-corrected chi connectivity index (χ4v) is 7.95. The number of hydrogen-bond acceptors (Lipinski definition) is 8. The van der Waals surface area contributed by atoms with Gasteiger partial charge in [-0.1, -0.05) is 66.4 Å². The number of carbonyl (C=O) groups is 1. The van der Waals surface area contributed by atoms with Crippen molar-refractivity contribution in [2.75, 3.05) is 6.61 Å². The molecule has 0 aliphatic rings. The topological polar surface area (TPSA) is 50.1 Å². The van der Waals surface area contributed by atoms with Gasteiger partial charge in [-0.2, -0.15) is 5.26 Å². The van der Waals surface area contributed by atoms with Crippen molar-refractivity contribution in [2.24, 2.45) is 0 Å². The number of thioether (sulfide) groups is 1. The second-order valence-electron chi connectivity index (χ2n) is 7.99. The predicted molar refractivity (Wildman–Crippen MR) is 155 cm³/mol. The first-order valence-corrected chi connectivity index (χ1v) is 14.8. The maximum absolute atomic E-state index is 12.5. The normalized spacial score (nSPS) is 12.6. The maximum Gasteiger partial charge on any atom is 0.305 e. The lowest BCUT2D eigenvalue weighted by Crippen LogP contribution is -2.22. The zero-order valence-corrected chi connectivity index (χ0v) is 23.1. The van der Waals surface area contributed by atoms with E-state index in [2.05, 4.69) is 47.2 Å². The van der Waals surface area contributed by atoms with E-state index in [9.17, 15) is 10.1 Å². The second-order valence-corrected chi connectivity index (χ2v) is 13.1. The van der Waals surface area contributed by atoms with Crippen molar-refractivity contribution in [1.29, 1.82) is 5.26 Å². The Labute approximate surface area is 227 Å². The molecule has 178 valence electrons. The third kappa shape index (κ3) is 6.90. The molecule has 1 atom stereocenters. The van der Waals surface area contributed by atoms with E-state index in [4.69, 9.17) is 17.0 Å². The summed E-state index contributed by atoms with van der Waals surface area (Å²) in [4.78, 5) is 17.4. The largest absolute Gasteiger partial charge is 0.465 e. The van der Waals surface area contributed by atoms with E-state index in [-0.39, 0.29) is 12.4 Å². The second kappa shape index (κ2) is 12.1. The Bertz CT molecular complexity index is 1300. The molecule has 0 saturated heterocycles. The summed E-state index contributed by atoms with van der Waals surface area (Å²) >= 11 is 12.1. The van der Waals surface area contributed by atoms with Gasteiger partial charge in [-0.25, -0.2) is 0 Å². The molecule has 1 aromatic carbocycles. The number of benzene rings is 1. The van der Waals surface area contributed by atoms with Crippen molar-refractivity contribution in [3.8, 4) is 25.6 Å². The smallest absolute Gasteiger partial charge is 0.305 e. The predicted octanol–water partition coefficient (Wildman–Crippen LogP) is 8.46. The van der Waals surface area contributed by atoms with Crippen LogP contribution in [0.15, 0.2) is 71.4 Å². The highest BCUT2D eigenvalue weighted by molar-refractivity contribution is 8.24. The molecular weight excluding hydrogens is 531 g/mol. The maximum atomic E-state index is 12.5. The molecule has 3 nitrogen and oxygen atoms in total. The van der Waals surface area contributed by atoms with Gasteiger partial charge in [-0.3, -0.25) is 4.79 Å². The third-order valence-corrected chi connectivity index (χ3v) is 10.3. The number of hydrogen-bond donors (Lipinski definition) is 0. The first kappa shape index (κ1) is 25.8. The molecule has 4 aromatic rings. The molecule has 0 saturated carbocycles. The Morgan fingerprint density at radius 2 is 1.77 bits per heavy atom. The van der Waals surface area contributed by atoms with Crippen LogP contribution in [0.2, 0.25) is 0 Å². The number of carbonyl (C=O) groups excluding carboxylic acids is 1. The molecule has 0 spiro atoms. The highest BCUT2D eigenvalue weighted by atomic mass is 32.2. The minimum Gasteiger partial charge on any atom is -0.465 e. The lowest BCUT2D eigenvalue weighted by Gasteiger charge is -2.20. The fraction of sp³-hybridized carbons (Fsp3) is 0.222. The van der Waals surface area contributed by atoms with Crippen LogP contribution in [0.4, 0.5) is 0 Å². The molecular formula is C27H23NO2S5. The summed E-state index contributed by atoms with van der Waals surface area (Å²) in [5.74, 6) is -0.288. The van der Waals surface area contributed by atoms with E-state index in [0.29, 0.717) is 23.6 Å². The summed E-state index contributed by atoms with van der Waals surface area (Å²) in [6.45, 7) is 2.14. The highest BCUT2D eigenvalue weighted by Crippen LogP contribution is 2.41. The van der Waals surface area contributed by atoms with E-state index < -0.39 is 4.75 Å². The lowest BCUT2D eigenvalue weighted by molar-refractivity contribution is -0.143. The zero-order valence-electron chi connectivity index (χ0n) is 19.1. The van der Waals surface area contributed by atoms with Crippen molar-refractivity contribution in [2.45, 2.75) is 30.9 Å². The number of thiophene rings is 3. The van der Waals surface area contributed by atoms with Crippen molar-refractivity contribution < 1.29 is 9.53 Å². The van der Waals surface area contributed by atoms with Crippen molar-refractivity contribution in [1.82, 2.24) is 0 Å². The van der Waals surface area contributed by atoms with Crippen LogP contribution in [0.1, 0.15) is 30.9 Å². The van der Waals surface area contributed by atoms with E-state index in [0.717, 1.165) is 5.56 Å². The number of rotatable bonds is 10. The summed E-state index contributed by atoms with van der Waals surface area (Å²) in [7, 11) is 0. The van der Waals surface area contributed by atoms with Gasteiger partial charge in [0, 0.05) is 32.4 Å². The molecule has 8 heteroatoms. The van der Waals surface area contributed by atoms with Crippen molar-refractivity contribution in [3.05, 3.63) is 82.6 Å². The summed E-state index contributed by atoms with van der Waals surface area (Å²) in [6.07, 6.45) is 1.21. The summed E-state index contributed by atoms with van der Waals surface area (Å²) in [6, 6.07) is 22.6. The van der Waals surface area contributed by atoms with Gasteiger partial charge in [0.25, 0.3) is 0 Å². The number of ether oxygens (including phenoxy) is 1. The molecule has 0 aliphatic heterocycles. The van der Waals surface area contributed by atoms with E-state index >= 15 is 0 Å². The molecule has 4 rings (SSSR count). The molecule has 0 radical (unpaired) electrons. The van der Waals surface area contributed by atoms with Gasteiger partial charge in [0.05, 0.1) is 16.9 Å². The Morgan fingerprint density at radius 1 is 1.06 bits per heavy atom. The van der Waals surface area contributed by atoms with Gasteiger partial charge in [-0.05, 0) is 53.4 Å². The molecule has 0 N–H and O–H groups in total. The number of thiocarbonyl (C=S) groups is 1.